The third-order valence-corrected chi connectivity index (χ3v) is 6.30. The largest absolute Gasteiger partial charge is 0.477 e. The zero-order valence-corrected chi connectivity index (χ0v) is 15.9. The number of aryl methyl sites for hydroxylation is 2. The van der Waals surface area contributed by atoms with Gasteiger partial charge in [-0.2, -0.15) is 0 Å². The Hall–Kier alpha value is -2.92. The standard InChI is InChI=1S/C22H19NO3S/c1-12-7-9-14(10-8-12)18-19-20(27-21(18)22(25)26)16(11-17(24)23-19)15-6-4-3-5-13(15)2/h3-10,16H,11H2,1-2H3,(H,23,24)(H,25,26)/t16-/m0/s1. The fourth-order valence-corrected chi connectivity index (χ4v) is 4.90. The van der Waals surface area contributed by atoms with Gasteiger partial charge in [0.05, 0.1) is 5.69 Å². The van der Waals surface area contributed by atoms with E-state index >= 15 is 0 Å². The highest BCUT2D eigenvalue weighted by Gasteiger charge is 2.34. The first-order valence-electron chi connectivity index (χ1n) is 8.78. The highest BCUT2D eigenvalue weighted by Crippen LogP contribution is 2.49. The summed E-state index contributed by atoms with van der Waals surface area (Å²) in [7, 11) is 0. The molecular weight excluding hydrogens is 358 g/mol. The number of carboxylic acids is 1. The van der Waals surface area contributed by atoms with E-state index in [-0.39, 0.29) is 16.7 Å². The number of carbonyl (C=O) groups excluding carboxylic acids is 1. The summed E-state index contributed by atoms with van der Waals surface area (Å²) in [6.07, 6.45) is 0.324. The molecule has 4 rings (SSSR count). The van der Waals surface area contributed by atoms with Crippen molar-refractivity contribution < 1.29 is 14.7 Å². The van der Waals surface area contributed by atoms with Gasteiger partial charge in [-0.15, -0.1) is 11.3 Å². The van der Waals surface area contributed by atoms with Crippen molar-refractivity contribution in [2.24, 2.45) is 0 Å². The summed E-state index contributed by atoms with van der Waals surface area (Å²) >= 11 is 1.27. The topological polar surface area (TPSA) is 66.4 Å². The number of anilines is 1. The van der Waals surface area contributed by atoms with Crippen molar-refractivity contribution in [3.8, 4) is 11.1 Å². The van der Waals surface area contributed by atoms with E-state index in [4.69, 9.17) is 0 Å². The summed E-state index contributed by atoms with van der Waals surface area (Å²) in [5, 5.41) is 12.8. The Morgan fingerprint density at radius 3 is 2.48 bits per heavy atom. The van der Waals surface area contributed by atoms with Crippen molar-refractivity contribution in [3.63, 3.8) is 0 Å². The predicted molar refractivity (Wildman–Crippen MR) is 108 cm³/mol. The van der Waals surface area contributed by atoms with Crippen molar-refractivity contribution >= 4 is 28.9 Å². The number of hydrogen-bond donors (Lipinski definition) is 2. The maximum atomic E-state index is 12.5. The number of amides is 1. The molecule has 0 radical (unpaired) electrons. The number of carbonyl (C=O) groups is 2. The van der Waals surface area contributed by atoms with E-state index in [1.54, 1.807) is 0 Å². The average Bonchev–Trinajstić information content (AvgIpc) is 3.02. The van der Waals surface area contributed by atoms with Crippen LogP contribution < -0.4 is 5.32 Å². The summed E-state index contributed by atoms with van der Waals surface area (Å²) in [5.74, 6) is -1.18. The molecule has 1 amide bonds. The zero-order chi connectivity index (χ0) is 19.1. The molecule has 136 valence electrons. The first kappa shape index (κ1) is 17.5. The van der Waals surface area contributed by atoms with Gasteiger partial charge in [0.1, 0.15) is 4.88 Å². The van der Waals surface area contributed by atoms with Gasteiger partial charge in [0.2, 0.25) is 5.91 Å². The van der Waals surface area contributed by atoms with Gasteiger partial charge >= 0.3 is 5.97 Å². The molecule has 2 aromatic carbocycles. The molecule has 0 saturated carbocycles. The van der Waals surface area contributed by atoms with Gasteiger partial charge < -0.3 is 10.4 Å². The summed E-state index contributed by atoms with van der Waals surface area (Å²) in [4.78, 5) is 25.6. The Bertz CT molecular complexity index is 1050. The van der Waals surface area contributed by atoms with Crippen molar-refractivity contribution in [2.45, 2.75) is 26.2 Å². The maximum Gasteiger partial charge on any atom is 0.346 e. The van der Waals surface area contributed by atoms with Gasteiger partial charge in [-0.1, -0.05) is 54.1 Å². The van der Waals surface area contributed by atoms with Crippen LogP contribution in [0, 0.1) is 13.8 Å². The van der Waals surface area contributed by atoms with Crippen molar-refractivity contribution in [1.29, 1.82) is 0 Å². The van der Waals surface area contributed by atoms with E-state index in [0.29, 0.717) is 17.7 Å². The molecule has 3 aromatic rings. The fraction of sp³-hybridized carbons (Fsp3) is 0.182. The van der Waals surface area contributed by atoms with Gasteiger partial charge in [0.15, 0.2) is 0 Å². The van der Waals surface area contributed by atoms with Crippen LogP contribution in [-0.4, -0.2) is 17.0 Å². The van der Waals surface area contributed by atoms with E-state index < -0.39 is 5.97 Å². The smallest absolute Gasteiger partial charge is 0.346 e. The number of nitrogens with one attached hydrogen (secondary N) is 1. The molecule has 5 heteroatoms. The van der Waals surface area contributed by atoms with Crippen LogP contribution >= 0.6 is 11.3 Å². The molecule has 0 unspecified atom stereocenters. The first-order chi connectivity index (χ1) is 13.0. The summed E-state index contributed by atoms with van der Waals surface area (Å²) in [6.45, 7) is 4.01. The Morgan fingerprint density at radius 1 is 1.11 bits per heavy atom. The second-order valence-corrected chi connectivity index (χ2v) is 7.93. The van der Waals surface area contributed by atoms with E-state index in [1.165, 1.54) is 11.3 Å². The van der Waals surface area contributed by atoms with Crippen molar-refractivity contribution in [1.82, 2.24) is 0 Å². The molecule has 2 heterocycles. The maximum absolute atomic E-state index is 12.5. The second kappa shape index (κ2) is 6.67. The number of hydrogen-bond acceptors (Lipinski definition) is 3. The quantitative estimate of drug-likeness (QED) is 0.659. The Kier molecular flexibility index (Phi) is 4.32. The molecule has 0 aliphatic carbocycles. The number of rotatable bonds is 3. The van der Waals surface area contributed by atoms with Crippen LogP contribution in [0.2, 0.25) is 0 Å². The molecule has 2 N–H and O–H groups in total. The van der Waals surface area contributed by atoms with E-state index in [0.717, 1.165) is 27.1 Å². The van der Waals surface area contributed by atoms with Gasteiger partial charge in [0.25, 0.3) is 0 Å². The average molecular weight is 377 g/mol. The normalized spacial score (nSPS) is 15.9. The number of thiophene rings is 1. The lowest BCUT2D eigenvalue weighted by Gasteiger charge is -2.25. The second-order valence-electron chi connectivity index (χ2n) is 6.88. The lowest BCUT2D eigenvalue weighted by Crippen LogP contribution is -2.22. The van der Waals surface area contributed by atoms with Gasteiger partial charge in [-0.3, -0.25) is 4.79 Å². The molecule has 0 spiro atoms. The lowest BCUT2D eigenvalue weighted by atomic mass is 9.86. The number of carboxylic acid groups (broad SMARTS) is 1. The Morgan fingerprint density at radius 2 is 1.81 bits per heavy atom. The number of fused-ring (bicyclic) bond motifs is 1. The van der Waals surface area contributed by atoms with Crippen LogP contribution in [0.25, 0.3) is 11.1 Å². The van der Waals surface area contributed by atoms with Gasteiger partial charge in [0, 0.05) is 22.8 Å². The Balaban J connectivity index is 1.95. The molecule has 27 heavy (non-hydrogen) atoms. The van der Waals surface area contributed by atoms with Crippen LogP contribution in [0.15, 0.2) is 48.5 Å². The SMILES string of the molecule is Cc1ccc(-c2c(C(=O)O)sc3c2NC(=O)C[C@H]3c2ccccc2C)cc1. The van der Waals surface area contributed by atoms with Crippen LogP contribution in [0.5, 0.6) is 0 Å². The summed E-state index contributed by atoms with van der Waals surface area (Å²) < 4.78 is 0. The highest BCUT2D eigenvalue weighted by molar-refractivity contribution is 7.15. The molecule has 1 aliphatic rings. The minimum atomic E-state index is -0.970. The first-order valence-corrected chi connectivity index (χ1v) is 9.59. The summed E-state index contributed by atoms with van der Waals surface area (Å²) in [6, 6.07) is 15.7. The number of benzene rings is 2. The van der Waals surface area contributed by atoms with Crippen LogP contribution in [0.1, 0.15) is 43.6 Å². The van der Waals surface area contributed by atoms with Crippen LogP contribution in [0.4, 0.5) is 5.69 Å². The van der Waals surface area contributed by atoms with Crippen molar-refractivity contribution in [3.05, 3.63) is 75.0 Å². The van der Waals surface area contributed by atoms with E-state index in [2.05, 4.69) is 5.32 Å². The third kappa shape index (κ3) is 3.04. The fourth-order valence-electron chi connectivity index (χ4n) is 3.66. The molecule has 1 aromatic heterocycles. The van der Waals surface area contributed by atoms with Gasteiger partial charge in [-0.05, 0) is 30.5 Å². The van der Waals surface area contributed by atoms with Crippen molar-refractivity contribution in [2.75, 3.05) is 5.32 Å². The third-order valence-electron chi connectivity index (χ3n) is 5.00. The van der Waals surface area contributed by atoms with Crippen LogP contribution in [-0.2, 0) is 4.79 Å². The minimum absolute atomic E-state index is 0.0844. The molecular formula is C22H19NO3S. The monoisotopic (exact) mass is 377 g/mol. The molecule has 4 nitrogen and oxygen atoms in total. The summed E-state index contributed by atoms with van der Waals surface area (Å²) in [5.41, 5.74) is 5.33. The van der Waals surface area contributed by atoms with E-state index in [1.807, 2.05) is 62.4 Å². The highest BCUT2D eigenvalue weighted by atomic mass is 32.1. The molecule has 0 bridgehead atoms. The zero-order valence-electron chi connectivity index (χ0n) is 15.1. The molecule has 0 saturated heterocycles. The molecule has 1 aliphatic heterocycles. The lowest BCUT2D eigenvalue weighted by molar-refractivity contribution is -0.116. The van der Waals surface area contributed by atoms with Crippen LogP contribution in [0.3, 0.4) is 0 Å². The molecule has 0 fully saturated rings. The minimum Gasteiger partial charge on any atom is -0.477 e. The van der Waals surface area contributed by atoms with E-state index in [9.17, 15) is 14.7 Å². The molecule has 1 atom stereocenters. The Labute approximate surface area is 161 Å². The van der Waals surface area contributed by atoms with Gasteiger partial charge in [-0.25, -0.2) is 4.79 Å². The predicted octanol–water partition coefficient (Wildman–Crippen LogP) is 5.20. The number of aromatic carboxylic acids is 1.